The normalized spacial score (nSPS) is 20.8. The van der Waals surface area contributed by atoms with Crippen LogP contribution in [0.15, 0.2) is 39.7 Å². The summed E-state index contributed by atoms with van der Waals surface area (Å²) in [5.41, 5.74) is 0.396. The summed E-state index contributed by atoms with van der Waals surface area (Å²) in [6.45, 7) is 5.43. The van der Waals surface area contributed by atoms with E-state index < -0.39 is 0 Å². The molecule has 2 N–H and O–H groups in total. The Bertz CT molecular complexity index is 799. The molecule has 0 radical (unpaired) electrons. The highest BCUT2D eigenvalue weighted by Gasteiger charge is 2.32. The molecule has 2 fully saturated rings. The second-order valence-corrected chi connectivity index (χ2v) is 6.57. The zero-order valence-electron chi connectivity index (χ0n) is 14.4. The molecule has 4 rings (SSSR count). The Morgan fingerprint density at radius 3 is 2.65 bits per heavy atom. The Hall–Kier alpha value is -2.09. The van der Waals surface area contributed by atoms with Gasteiger partial charge in [0.05, 0.1) is 12.0 Å². The van der Waals surface area contributed by atoms with Crippen molar-refractivity contribution in [3.05, 3.63) is 46.4 Å². The minimum absolute atomic E-state index is 0. The van der Waals surface area contributed by atoms with Crippen molar-refractivity contribution in [1.29, 1.82) is 0 Å². The summed E-state index contributed by atoms with van der Waals surface area (Å²) in [5, 5.41) is 3.35. The van der Waals surface area contributed by atoms with Crippen molar-refractivity contribution in [1.82, 2.24) is 20.1 Å². The van der Waals surface area contributed by atoms with Crippen LogP contribution < -0.4 is 10.9 Å². The van der Waals surface area contributed by atoms with Crippen LogP contribution in [0.2, 0.25) is 0 Å². The van der Waals surface area contributed by atoms with E-state index in [4.69, 9.17) is 4.42 Å². The maximum atomic E-state index is 12.7. The van der Waals surface area contributed by atoms with Gasteiger partial charge in [0.15, 0.2) is 0 Å². The number of H-pyrrole nitrogens is 1. The minimum atomic E-state index is -0.371. The first kappa shape index (κ1) is 18.7. The molecule has 2 aromatic heterocycles. The second kappa shape index (κ2) is 8.07. The van der Waals surface area contributed by atoms with Gasteiger partial charge in [0.25, 0.3) is 11.5 Å². The second-order valence-electron chi connectivity index (χ2n) is 6.57. The Kier molecular flexibility index (Phi) is 5.80. The van der Waals surface area contributed by atoms with Crippen LogP contribution in [-0.2, 0) is 0 Å². The highest BCUT2D eigenvalue weighted by molar-refractivity contribution is 5.94. The van der Waals surface area contributed by atoms with Gasteiger partial charge in [0.1, 0.15) is 11.3 Å². The summed E-state index contributed by atoms with van der Waals surface area (Å²) < 4.78 is 5.28. The highest BCUT2D eigenvalue weighted by Crippen LogP contribution is 2.19. The quantitative estimate of drug-likeness (QED) is 0.838. The third kappa shape index (κ3) is 3.70. The molecule has 0 bridgehead atoms. The van der Waals surface area contributed by atoms with E-state index in [1.54, 1.807) is 35.4 Å². The molecule has 8 heteroatoms. The minimum Gasteiger partial charge on any atom is -0.463 e. The highest BCUT2D eigenvalue weighted by atomic mass is 35.5. The first-order valence-electron chi connectivity index (χ1n) is 8.73. The number of amides is 1. The summed E-state index contributed by atoms with van der Waals surface area (Å²) in [7, 11) is 0. The molecule has 2 aromatic rings. The summed E-state index contributed by atoms with van der Waals surface area (Å²) in [5.74, 6) is 0.390. The molecule has 0 aromatic carbocycles. The Morgan fingerprint density at radius 1 is 1.15 bits per heavy atom. The van der Waals surface area contributed by atoms with E-state index in [9.17, 15) is 9.59 Å². The predicted octanol–water partition coefficient (Wildman–Crippen LogP) is 1.18. The van der Waals surface area contributed by atoms with Crippen LogP contribution in [-0.4, -0.2) is 66.0 Å². The van der Waals surface area contributed by atoms with Crippen LogP contribution in [0.1, 0.15) is 16.8 Å². The average molecular weight is 379 g/mol. The number of carbonyl (C=O) groups excluding carboxylic acids is 1. The first-order valence-corrected chi connectivity index (χ1v) is 8.73. The van der Waals surface area contributed by atoms with Crippen molar-refractivity contribution < 1.29 is 9.21 Å². The van der Waals surface area contributed by atoms with Crippen LogP contribution in [0.3, 0.4) is 0 Å². The molecule has 1 amide bonds. The smallest absolute Gasteiger partial charge is 0.261 e. The van der Waals surface area contributed by atoms with Crippen molar-refractivity contribution >= 4 is 18.3 Å². The largest absolute Gasteiger partial charge is 0.463 e. The molecule has 1 atom stereocenters. The number of nitrogens with one attached hydrogen (secondary N) is 2. The molecule has 2 saturated heterocycles. The van der Waals surface area contributed by atoms with Gasteiger partial charge in [-0.3, -0.25) is 14.5 Å². The van der Waals surface area contributed by atoms with Crippen molar-refractivity contribution in [3.8, 4) is 11.5 Å². The monoisotopic (exact) mass is 378 g/mol. The summed E-state index contributed by atoms with van der Waals surface area (Å²) >= 11 is 0. The molecule has 0 spiro atoms. The number of likely N-dealkylation sites (tertiary alicyclic amines) is 1. The lowest BCUT2D eigenvalue weighted by Gasteiger charge is -2.32. The van der Waals surface area contributed by atoms with Gasteiger partial charge in [-0.2, -0.15) is 0 Å². The van der Waals surface area contributed by atoms with E-state index in [2.05, 4.69) is 15.2 Å². The summed E-state index contributed by atoms with van der Waals surface area (Å²) in [6, 6.07) is 7.24. The molecule has 140 valence electrons. The van der Waals surface area contributed by atoms with Crippen molar-refractivity contribution in [2.75, 3.05) is 39.3 Å². The van der Waals surface area contributed by atoms with E-state index in [1.165, 1.54) is 0 Å². The molecule has 2 aliphatic heterocycles. The predicted molar refractivity (Wildman–Crippen MR) is 101 cm³/mol. The van der Waals surface area contributed by atoms with E-state index >= 15 is 0 Å². The number of aromatic amines is 1. The topological polar surface area (TPSA) is 81.6 Å². The van der Waals surface area contributed by atoms with Gasteiger partial charge in [-0.15, -0.1) is 12.4 Å². The van der Waals surface area contributed by atoms with E-state index in [-0.39, 0.29) is 29.4 Å². The molecule has 7 nitrogen and oxygen atoms in total. The molecule has 4 heterocycles. The van der Waals surface area contributed by atoms with Gasteiger partial charge in [-0.25, -0.2) is 0 Å². The zero-order chi connectivity index (χ0) is 17.2. The van der Waals surface area contributed by atoms with Gasteiger partial charge in [0, 0.05) is 45.3 Å². The van der Waals surface area contributed by atoms with Gasteiger partial charge >= 0.3 is 0 Å². The molecule has 26 heavy (non-hydrogen) atoms. The number of hydrogen-bond acceptors (Lipinski definition) is 5. The van der Waals surface area contributed by atoms with Crippen LogP contribution in [0, 0.1) is 0 Å². The van der Waals surface area contributed by atoms with Crippen LogP contribution in [0.25, 0.3) is 11.5 Å². The van der Waals surface area contributed by atoms with Gasteiger partial charge in [0.2, 0.25) is 0 Å². The number of pyridine rings is 1. The lowest BCUT2D eigenvalue weighted by Crippen LogP contribution is -2.49. The summed E-state index contributed by atoms with van der Waals surface area (Å²) in [6.07, 6.45) is 2.52. The van der Waals surface area contributed by atoms with E-state index in [0.717, 1.165) is 32.6 Å². The number of hydrogen-bond donors (Lipinski definition) is 2. The van der Waals surface area contributed by atoms with Crippen molar-refractivity contribution in [2.45, 2.75) is 12.5 Å². The number of piperazine rings is 1. The molecular formula is C18H23ClN4O3. The summed E-state index contributed by atoms with van der Waals surface area (Å²) in [4.78, 5) is 32.1. The van der Waals surface area contributed by atoms with Gasteiger partial charge in [-0.05, 0) is 30.7 Å². The number of nitrogens with zero attached hydrogens (tertiary/aromatic N) is 2. The standard InChI is InChI=1S/C18H22N4O3.ClH/c23-17-14(3-4-15(20-17)16-2-1-11-25-16)18(24)22-8-5-13(12-22)21-9-6-19-7-10-21;/h1-4,11,13,19H,5-10,12H2,(H,20,23);1H. The zero-order valence-corrected chi connectivity index (χ0v) is 15.3. The third-order valence-corrected chi connectivity index (χ3v) is 5.05. The van der Waals surface area contributed by atoms with Crippen molar-refractivity contribution in [3.63, 3.8) is 0 Å². The number of furan rings is 1. The molecule has 2 aliphatic rings. The third-order valence-electron chi connectivity index (χ3n) is 5.05. The van der Waals surface area contributed by atoms with Crippen LogP contribution in [0.5, 0.6) is 0 Å². The lowest BCUT2D eigenvalue weighted by atomic mass is 10.2. The first-order chi connectivity index (χ1) is 12.2. The number of aromatic nitrogens is 1. The van der Waals surface area contributed by atoms with Gasteiger partial charge in [-0.1, -0.05) is 0 Å². The fourth-order valence-corrected chi connectivity index (χ4v) is 3.66. The van der Waals surface area contributed by atoms with Gasteiger partial charge < -0.3 is 19.6 Å². The van der Waals surface area contributed by atoms with Crippen molar-refractivity contribution in [2.24, 2.45) is 0 Å². The maximum Gasteiger partial charge on any atom is 0.261 e. The van der Waals surface area contributed by atoms with Crippen LogP contribution in [0.4, 0.5) is 0 Å². The lowest BCUT2D eigenvalue weighted by molar-refractivity contribution is 0.0771. The van der Waals surface area contributed by atoms with E-state index in [0.29, 0.717) is 30.6 Å². The maximum absolute atomic E-state index is 12.7. The fourth-order valence-electron chi connectivity index (χ4n) is 3.66. The average Bonchev–Trinajstić information content (AvgIpc) is 3.34. The molecule has 0 aliphatic carbocycles. The number of carbonyl (C=O) groups is 1. The molecular weight excluding hydrogens is 356 g/mol. The SMILES string of the molecule is Cl.O=C(c1ccc(-c2ccco2)[nH]c1=O)N1CCC(N2CCNCC2)C1. The Labute approximate surface area is 157 Å². The molecule has 1 unspecified atom stereocenters. The van der Waals surface area contributed by atoms with E-state index in [1.807, 2.05) is 0 Å². The molecule has 0 saturated carbocycles. The number of rotatable bonds is 3. The number of halogens is 1. The Balaban J connectivity index is 0.00000196. The fraction of sp³-hybridized carbons (Fsp3) is 0.444. The van der Waals surface area contributed by atoms with Crippen LogP contribution >= 0.6 is 12.4 Å². The Morgan fingerprint density at radius 2 is 1.96 bits per heavy atom.